The largest absolute Gasteiger partial charge is 0.488 e. The van der Waals surface area contributed by atoms with Crippen LogP contribution in [0.25, 0.3) is 0 Å². The normalized spacial score (nSPS) is 15.8. The average molecular weight is 390 g/mol. The SMILES string of the molecule is C=N/C=C\C1=C(C(=O)C(C)C)CN(C(C)c2ccc(OCC(F)F)cc2)C1=O. The van der Waals surface area contributed by atoms with Gasteiger partial charge < -0.3 is 9.64 Å². The lowest BCUT2D eigenvalue weighted by atomic mass is 9.98. The van der Waals surface area contributed by atoms with E-state index in [-0.39, 0.29) is 30.2 Å². The second kappa shape index (κ2) is 9.39. The molecule has 28 heavy (non-hydrogen) atoms. The van der Waals surface area contributed by atoms with Gasteiger partial charge in [-0.15, -0.1) is 0 Å². The highest BCUT2D eigenvalue weighted by Crippen LogP contribution is 2.32. The van der Waals surface area contributed by atoms with Gasteiger partial charge >= 0.3 is 0 Å². The van der Waals surface area contributed by atoms with Crippen LogP contribution in [0.15, 0.2) is 52.7 Å². The van der Waals surface area contributed by atoms with Crippen LogP contribution in [0.2, 0.25) is 0 Å². The summed E-state index contributed by atoms with van der Waals surface area (Å²) >= 11 is 0. The fraction of sp³-hybridized carbons (Fsp3) is 0.381. The van der Waals surface area contributed by atoms with E-state index in [0.29, 0.717) is 16.9 Å². The molecule has 0 spiro atoms. The zero-order chi connectivity index (χ0) is 20.8. The first-order chi connectivity index (χ1) is 13.3. The fourth-order valence-corrected chi connectivity index (χ4v) is 2.96. The Kier molecular flexibility index (Phi) is 7.20. The molecule has 0 aromatic heterocycles. The number of carbonyl (C=O) groups excluding carboxylic acids is 2. The van der Waals surface area contributed by atoms with Crippen molar-refractivity contribution in [3.8, 4) is 5.75 Å². The molecule has 1 heterocycles. The van der Waals surface area contributed by atoms with E-state index in [1.54, 1.807) is 43.0 Å². The van der Waals surface area contributed by atoms with Gasteiger partial charge in [-0.05, 0) is 37.4 Å². The van der Waals surface area contributed by atoms with Crippen molar-refractivity contribution in [3.05, 3.63) is 53.3 Å². The molecule has 0 N–H and O–H groups in total. The van der Waals surface area contributed by atoms with Gasteiger partial charge in [-0.2, -0.15) is 0 Å². The monoisotopic (exact) mass is 390 g/mol. The van der Waals surface area contributed by atoms with Gasteiger partial charge in [-0.1, -0.05) is 26.0 Å². The summed E-state index contributed by atoms with van der Waals surface area (Å²) in [7, 11) is 0. The third-order valence-corrected chi connectivity index (χ3v) is 4.52. The number of ether oxygens (including phenoxy) is 1. The van der Waals surface area contributed by atoms with Crippen molar-refractivity contribution in [3.63, 3.8) is 0 Å². The van der Waals surface area contributed by atoms with Gasteiger partial charge in [0, 0.05) is 23.3 Å². The number of benzene rings is 1. The zero-order valence-corrected chi connectivity index (χ0v) is 16.2. The minimum absolute atomic E-state index is 0.0810. The molecule has 0 saturated carbocycles. The number of hydrogen-bond acceptors (Lipinski definition) is 4. The lowest BCUT2D eigenvalue weighted by Gasteiger charge is -2.25. The van der Waals surface area contributed by atoms with E-state index >= 15 is 0 Å². The Morgan fingerprint density at radius 1 is 1.29 bits per heavy atom. The average Bonchev–Trinajstić information content (AvgIpc) is 3.00. The number of nitrogens with zero attached hydrogens (tertiary/aromatic N) is 2. The summed E-state index contributed by atoms with van der Waals surface area (Å²) in [5.41, 5.74) is 1.60. The van der Waals surface area contributed by atoms with Crippen molar-refractivity contribution in [1.82, 2.24) is 4.90 Å². The van der Waals surface area contributed by atoms with Crippen LogP contribution >= 0.6 is 0 Å². The number of alkyl halides is 2. The molecule has 1 aliphatic heterocycles. The van der Waals surface area contributed by atoms with Crippen LogP contribution in [0.5, 0.6) is 5.75 Å². The Labute approximate surface area is 163 Å². The predicted molar refractivity (Wildman–Crippen MR) is 104 cm³/mol. The van der Waals surface area contributed by atoms with Crippen LogP contribution in [0.1, 0.15) is 32.4 Å². The van der Waals surface area contributed by atoms with Gasteiger partial charge in [0.05, 0.1) is 12.6 Å². The van der Waals surface area contributed by atoms with Crippen LogP contribution < -0.4 is 4.74 Å². The first kappa shape index (κ1) is 21.5. The van der Waals surface area contributed by atoms with Crippen molar-refractivity contribution in [2.24, 2.45) is 10.9 Å². The van der Waals surface area contributed by atoms with E-state index in [4.69, 9.17) is 4.74 Å². The van der Waals surface area contributed by atoms with Crippen molar-refractivity contribution in [1.29, 1.82) is 0 Å². The van der Waals surface area contributed by atoms with Crippen molar-refractivity contribution < 1.29 is 23.1 Å². The number of carbonyl (C=O) groups is 2. The minimum Gasteiger partial charge on any atom is -0.488 e. The highest BCUT2D eigenvalue weighted by Gasteiger charge is 2.36. The molecule has 1 unspecified atom stereocenters. The molecule has 5 nitrogen and oxygen atoms in total. The second-order valence-electron chi connectivity index (χ2n) is 6.79. The third-order valence-electron chi connectivity index (χ3n) is 4.52. The lowest BCUT2D eigenvalue weighted by molar-refractivity contribution is -0.127. The van der Waals surface area contributed by atoms with Gasteiger partial charge in [0.15, 0.2) is 5.78 Å². The van der Waals surface area contributed by atoms with Gasteiger partial charge in [-0.25, -0.2) is 8.78 Å². The molecule has 1 atom stereocenters. The molecule has 0 saturated heterocycles. The number of halogens is 2. The summed E-state index contributed by atoms with van der Waals surface area (Å²) < 4.78 is 29.5. The Morgan fingerprint density at radius 2 is 1.93 bits per heavy atom. The molecule has 0 radical (unpaired) electrons. The fourth-order valence-electron chi connectivity index (χ4n) is 2.96. The van der Waals surface area contributed by atoms with Gasteiger partial charge in [0.1, 0.15) is 12.4 Å². The predicted octanol–water partition coefficient (Wildman–Crippen LogP) is 3.97. The van der Waals surface area contributed by atoms with E-state index < -0.39 is 13.0 Å². The molecular formula is C21H24F2N2O3. The van der Waals surface area contributed by atoms with Crippen molar-refractivity contribution in [2.45, 2.75) is 33.2 Å². The number of hydrogen-bond donors (Lipinski definition) is 0. The van der Waals surface area contributed by atoms with E-state index in [1.165, 1.54) is 12.3 Å². The molecule has 1 aromatic rings. The summed E-state index contributed by atoms with van der Waals surface area (Å²) in [6, 6.07) is 6.31. The van der Waals surface area contributed by atoms with E-state index in [2.05, 4.69) is 11.7 Å². The smallest absolute Gasteiger partial charge is 0.272 e. The van der Waals surface area contributed by atoms with Crippen LogP contribution in [-0.4, -0.2) is 42.9 Å². The van der Waals surface area contributed by atoms with Gasteiger partial charge in [-0.3, -0.25) is 14.6 Å². The molecule has 150 valence electrons. The molecule has 7 heteroatoms. The number of amides is 1. The lowest BCUT2D eigenvalue weighted by Crippen LogP contribution is -2.30. The van der Waals surface area contributed by atoms with Crippen molar-refractivity contribution in [2.75, 3.05) is 13.2 Å². The summed E-state index contributed by atoms with van der Waals surface area (Å²) in [6.45, 7) is 8.32. The first-order valence-electron chi connectivity index (χ1n) is 8.97. The van der Waals surface area contributed by atoms with Gasteiger partial charge in [0.2, 0.25) is 0 Å². The molecular weight excluding hydrogens is 366 g/mol. The molecule has 0 bridgehead atoms. The number of Topliss-reactive ketones (excluding diaryl/α,β-unsaturated/α-hetero) is 1. The first-order valence-corrected chi connectivity index (χ1v) is 8.97. The molecule has 0 aliphatic carbocycles. The maximum Gasteiger partial charge on any atom is 0.272 e. The number of ketones is 1. The molecule has 2 rings (SSSR count). The van der Waals surface area contributed by atoms with E-state index in [0.717, 1.165) is 5.56 Å². The van der Waals surface area contributed by atoms with Gasteiger partial charge in [0.25, 0.3) is 12.3 Å². The zero-order valence-electron chi connectivity index (χ0n) is 16.2. The molecule has 1 aliphatic rings. The highest BCUT2D eigenvalue weighted by atomic mass is 19.3. The Hall–Kier alpha value is -2.83. The van der Waals surface area contributed by atoms with Crippen LogP contribution in [0.4, 0.5) is 8.78 Å². The second-order valence-corrected chi connectivity index (χ2v) is 6.79. The topological polar surface area (TPSA) is 59.0 Å². The van der Waals surface area contributed by atoms with Crippen LogP contribution in [0, 0.1) is 5.92 Å². The summed E-state index contributed by atoms with van der Waals surface area (Å²) in [5, 5.41) is 0. The standard InChI is InChI=1S/C21H24F2N2O3/c1-13(2)20(26)18-11-25(21(27)17(18)9-10-24-4)14(3)15-5-7-16(8-6-15)28-12-19(22)23/h5-10,13-14,19H,4,11-12H2,1-3H3/b10-9-. The van der Waals surface area contributed by atoms with Crippen LogP contribution in [-0.2, 0) is 9.59 Å². The Morgan fingerprint density at radius 3 is 2.46 bits per heavy atom. The van der Waals surface area contributed by atoms with Crippen molar-refractivity contribution >= 4 is 18.4 Å². The quantitative estimate of drug-likeness (QED) is 0.600. The minimum atomic E-state index is -2.54. The third kappa shape index (κ3) is 4.91. The maximum atomic E-state index is 12.9. The Balaban J connectivity index is 2.21. The highest BCUT2D eigenvalue weighted by molar-refractivity contribution is 6.11. The number of rotatable bonds is 9. The summed E-state index contributed by atoms with van der Waals surface area (Å²) in [5.74, 6) is -0.236. The van der Waals surface area contributed by atoms with E-state index in [1.807, 2.05) is 6.92 Å². The van der Waals surface area contributed by atoms with E-state index in [9.17, 15) is 18.4 Å². The number of aliphatic imine (C=N–C) groups is 1. The Bertz CT molecular complexity index is 798. The summed E-state index contributed by atoms with van der Waals surface area (Å²) in [4.78, 5) is 30.7. The van der Waals surface area contributed by atoms with Crippen LogP contribution in [0.3, 0.4) is 0 Å². The molecule has 0 fully saturated rings. The maximum absolute atomic E-state index is 12.9. The molecule has 1 aromatic carbocycles. The molecule has 1 amide bonds. The summed E-state index contributed by atoms with van der Waals surface area (Å²) in [6.07, 6.45) is 0.364.